The molecule has 1 saturated carbocycles. The number of benzene rings is 1. The molecule has 2 fully saturated rings. The van der Waals surface area contributed by atoms with Crippen molar-refractivity contribution in [2.24, 2.45) is 17.8 Å². The molecule has 0 bridgehead atoms. The lowest BCUT2D eigenvalue weighted by Gasteiger charge is -2.37. The maximum atomic E-state index is 14.2. The Morgan fingerprint density at radius 2 is 1.50 bits per heavy atom. The SMILES string of the molecule is CCCCC[SiH]1CCC([C@H]2CC[C@H](CCCCc3cc(F)c(C(F)=C(Cl)Cl)c(F)c3)CC2)CC1. The summed E-state index contributed by atoms with van der Waals surface area (Å²) < 4.78 is 41.4. The first-order valence-electron chi connectivity index (χ1n) is 13.6. The zero-order valence-electron chi connectivity index (χ0n) is 20.7. The largest absolute Gasteiger partial charge is 0.206 e. The molecular weight excluding hydrogens is 492 g/mol. The molecule has 1 aromatic rings. The van der Waals surface area contributed by atoms with E-state index in [1.807, 2.05) is 0 Å². The quantitative estimate of drug-likeness (QED) is 0.196. The van der Waals surface area contributed by atoms with Crippen molar-refractivity contribution in [3.8, 4) is 0 Å². The Hall–Kier alpha value is -0.453. The van der Waals surface area contributed by atoms with Gasteiger partial charge in [-0.25, -0.2) is 13.2 Å². The summed E-state index contributed by atoms with van der Waals surface area (Å²) in [6, 6.07) is 7.17. The van der Waals surface area contributed by atoms with Crippen molar-refractivity contribution < 1.29 is 13.2 Å². The Labute approximate surface area is 216 Å². The van der Waals surface area contributed by atoms with Gasteiger partial charge in [0.1, 0.15) is 16.1 Å². The molecule has 0 radical (unpaired) electrons. The number of unbranched alkanes of at least 4 members (excludes halogenated alkanes) is 3. The van der Waals surface area contributed by atoms with Gasteiger partial charge in [-0.1, -0.05) is 106 Å². The van der Waals surface area contributed by atoms with Gasteiger partial charge in [-0.15, -0.1) is 0 Å². The first-order valence-corrected chi connectivity index (χ1v) is 16.8. The smallest absolute Gasteiger partial charge is 0.166 e. The highest BCUT2D eigenvalue weighted by Crippen LogP contribution is 2.42. The molecule has 0 atom stereocenters. The Morgan fingerprint density at radius 1 is 0.882 bits per heavy atom. The van der Waals surface area contributed by atoms with Crippen molar-refractivity contribution in [1.29, 1.82) is 0 Å². The summed E-state index contributed by atoms with van der Waals surface area (Å²) in [5.41, 5.74) is -0.234. The summed E-state index contributed by atoms with van der Waals surface area (Å²) in [5, 5.41) is 0. The standard InChI is InChI=1S/C28H41Cl2F3Si/c1-2-3-6-15-34-16-13-23(14-17-34)22-11-9-20(10-12-22)7-4-5-8-21-18-24(31)26(25(32)19-21)27(33)28(29)30/h18-20,22-23,34H,2-17H2,1H3/t20-,22-,23?,34?. The summed E-state index contributed by atoms with van der Waals surface area (Å²) in [6.45, 7) is 2.30. The lowest BCUT2D eigenvalue weighted by atomic mass is 9.73. The van der Waals surface area contributed by atoms with Gasteiger partial charge in [-0.3, -0.25) is 0 Å². The van der Waals surface area contributed by atoms with Gasteiger partial charge in [0, 0.05) is 8.80 Å². The van der Waals surface area contributed by atoms with Crippen molar-refractivity contribution >= 4 is 37.8 Å². The Kier molecular flexibility index (Phi) is 11.9. The minimum atomic E-state index is -1.26. The first kappa shape index (κ1) is 28.1. The normalized spacial score (nSPS) is 25.4. The monoisotopic (exact) mass is 532 g/mol. The van der Waals surface area contributed by atoms with Crippen LogP contribution in [0.25, 0.3) is 5.83 Å². The Balaban J connectivity index is 1.33. The fourth-order valence-electron chi connectivity index (χ4n) is 6.42. The molecule has 0 unspecified atom stereocenters. The van der Waals surface area contributed by atoms with E-state index in [4.69, 9.17) is 23.2 Å². The van der Waals surface area contributed by atoms with Crippen LogP contribution in [0.15, 0.2) is 16.6 Å². The molecule has 192 valence electrons. The third-order valence-electron chi connectivity index (χ3n) is 8.48. The third kappa shape index (κ3) is 8.30. The second-order valence-electron chi connectivity index (χ2n) is 10.8. The molecular formula is C28H41Cl2F3Si. The van der Waals surface area contributed by atoms with Gasteiger partial charge in [-0.05, 0) is 61.1 Å². The van der Waals surface area contributed by atoms with Crippen LogP contribution in [0.1, 0.15) is 95.1 Å². The van der Waals surface area contributed by atoms with E-state index in [-0.39, 0.29) is 0 Å². The molecule has 1 heterocycles. The van der Waals surface area contributed by atoms with Crippen LogP contribution in [0.5, 0.6) is 0 Å². The minimum absolute atomic E-state index is 0.407. The molecule has 1 aromatic carbocycles. The first-order chi connectivity index (χ1) is 16.4. The zero-order chi connectivity index (χ0) is 24.5. The lowest BCUT2D eigenvalue weighted by molar-refractivity contribution is 0.184. The molecule has 0 amide bonds. The van der Waals surface area contributed by atoms with Crippen molar-refractivity contribution in [3.05, 3.63) is 39.4 Å². The molecule has 0 spiro atoms. The van der Waals surface area contributed by atoms with E-state index >= 15 is 0 Å². The Bertz CT molecular complexity index is 770. The van der Waals surface area contributed by atoms with E-state index in [1.165, 1.54) is 76.3 Å². The van der Waals surface area contributed by atoms with Crippen LogP contribution >= 0.6 is 23.2 Å². The number of rotatable bonds is 11. The Morgan fingerprint density at radius 3 is 2.09 bits per heavy atom. The van der Waals surface area contributed by atoms with Gasteiger partial charge in [0.2, 0.25) is 0 Å². The second-order valence-corrected chi connectivity index (χ2v) is 15.2. The molecule has 2 aliphatic rings. The minimum Gasteiger partial charge on any atom is -0.206 e. The lowest BCUT2D eigenvalue weighted by Crippen LogP contribution is -2.28. The molecule has 1 saturated heterocycles. The predicted octanol–water partition coefficient (Wildman–Crippen LogP) is 10.4. The number of hydrogen-bond donors (Lipinski definition) is 0. The van der Waals surface area contributed by atoms with Crippen LogP contribution in [-0.2, 0) is 6.42 Å². The summed E-state index contributed by atoms with van der Waals surface area (Å²) in [7, 11) is -0.407. The molecule has 0 aromatic heterocycles. The topological polar surface area (TPSA) is 0 Å². The fourth-order valence-corrected chi connectivity index (χ4v) is 10.1. The van der Waals surface area contributed by atoms with Crippen LogP contribution in [0.3, 0.4) is 0 Å². The average molecular weight is 534 g/mol. The van der Waals surface area contributed by atoms with Gasteiger partial charge in [0.15, 0.2) is 5.83 Å². The van der Waals surface area contributed by atoms with E-state index in [9.17, 15) is 13.2 Å². The highest BCUT2D eigenvalue weighted by atomic mass is 35.5. The molecule has 1 aliphatic carbocycles. The summed E-state index contributed by atoms with van der Waals surface area (Å²) in [6.07, 6.45) is 16.5. The van der Waals surface area contributed by atoms with Crippen molar-refractivity contribution in [1.82, 2.24) is 0 Å². The van der Waals surface area contributed by atoms with Gasteiger partial charge >= 0.3 is 0 Å². The van der Waals surface area contributed by atoms with Crippen LogP contribution in [0.4, 0.5) is 13.2 Å². The van der Waals surface area contributed by atoms with Crippen LogP contribution in [-0.4, -0.2) is 8.80 Å². The van der Waals surface area contributed by atoms with E-state index in [2.05, 4.69) is 6.92 Å². The molecule has 0 nitrogen and oxygen atoms in total. The van der Waals surface area contributed by atoms with Crippen LogP contribution < -0.4 is 0 Å². The maximum Gasteiger partial charge on any atom is 0.166 e. The van der Waals surface area contributed by atoms with E-state index < -0.39 is 36.3 Å². The molecule has 3 rings (SSSR count). The number of aryl methyl sites for hydroxylation is 1. The highest BCUT2D eigenvalue weighted by molar-refractivity contribution is 6.59. The van der Waals surface area contributed by atoms with Crippen molar-refractivity contribution in [2.75, 3.05) is 0 Å². The molecule has 6 heteroatoms. The second kappa shape index (κ2) is 14.3. The van der Waals surface area contributed by atoms with Gasteiger partial charge in [0.25, 0.3) is 0 Å². The predicted molar refractivity (Wildman–Crippen MR) is 143 cm³/mol. The van der Waals surface area contributed by atoms with Crippen LogP contribution in [0, 0.1) is 29.4 Å². The highest BCUT2D eigenvalue weighted by Gasteiger charge is 2.31. The third-order valence-corrected chi connectivity index (χ3v) is 12.3. The van der Waals surface area contributed by atoms with Gasteiger partial charge < -0.3 is 0 Å². The summed E-state index contributed by atoms with van der Waals surface area (Å²) >= 11 is 10.7. The van der Waals surface area contributed by atoms with Gasteiger partial charge in [-0.2, -0.15) is 0 Å². The molecule has 0 N–H and O–H groups in total. The van der Waals surface area contributed by atoms with E-state index in [1.54, 1.807) is 18.1 Å². The average Bonchev–Trinajstić information content (AvgIpc) is 2.82. The maximum absolute atomic E-state index is 14.2. The summed E-state index contributed by atoms with van der Waals surface area (Å²) in [4.78, 5) is 0. The van der Waals surface area contributed by atoms with Gasteiger partial charge in [0.05, 0.1) is 5.56 Å². The zero-order valence-corrected chi connectivity index (χ0v) is 23.3. The van der Waals surface area contributed by atoms with Crippen LogP contribution in [0.2, 0.25) is 18.1 Å². The summed E-state index contributed by atoms with van der Waals surface area (Å²) in [5.74, 6) is -0.414. The van der Waals surface area contributed by atoms with E-state index in [0.717, 1.165) is 30.6 Å². The molecule has 1 aliphatic heterocycles. The fraction of sp³-hybridized carbons (Fsp3) is 0.714. The number of halogens is 5. The van der Waals surface area contributed by atoms with E-state index in [0.29, 0.717) is 12.0 Å². The molecule has 34 heavy (non-hydrogen) atoms. The number of hydrogen-bond acceptors (Lipinski definition) is 0. The van der Waals surface area contributed by atoms with Crippen molar-refractivity contribution in [2.45, 2.75) is 109 Å². The van der Waals surface area contributed by atoms with Crippen molar-refractivity contribution in [3.63, 3.8) is 0 Å².